The van der Waals surface area contributed by atoms with Crippen molar-refractivity contribution in [2.45, 2.75) is 51.5 Å². The van der Waals surface area contributed by atoms with Crippen LogP contribution >= 0.6 is 0 Å². The van der Waals surface area contributed by atoms with Gasteiger partial charge in [-0.3, -0.25) is 9.59 Å². The Labute approximate surface area is 184 Å². The number of rotatable bonds is 6. The van der Waals surface area contributed by atoms with E-state index in [-0.39, 0.29) is 23.7 Å². The van der Waals surface area contributed by atoms with Gasteiger partial charge >= 0.3 is 0 Å². The van der Waals surface area contributed by atoms with Crippen LogP contribution in [0.5, 0.6) is 11.5 Å². The van der Waals surface area contributed by atoms with E-state index in [1.165, 1.54) is 5.56 Å². The number of amides is 2. The van der Waals surface area contributed by atoms with Crippen LogP contribution in [0, 0.1) is 0 Å². The number of hydrogen-bond acceptors (Lipinski definition) is 4. The number of carbonyl (C=O) groups is 2. The molecule has 2 aromatic carbocycles. The minimum absolute atomic E-state index is 0.0509. The maximum atomic E-state index is 13.1. The number of anilines is 1. The summed E-state index contributed by atoms with van der Waals surface area (Å²) in [5.74, 6) is 0.863. The van der Waals surface area contributed by atoms with Gasteiger partial charge in [-0.2, -0.15) is 0 Å². The average Bonchev–Trinajstić information content (AvgIpc) is 2.71. The molecule has 2 amide bonds. The molecule has 0 bridgehead atoms. The molecule has 166 valence electrons. The first-order valence-corrected chi connectivity index (χ1v) is 10.5. The summed E-state index contributed by atoms with van der Waals surface area (Å²) in [6, 6.07) is 13.3. The minimum Gasteiger partial charge on any atom is -0.497 e. The molecule has 1 unspecified atom stereocenters. The molecular formula is C25H32N2O4. The van der Waals surface area contributed by atoms with Crippen LogP contribution in [0.15, 0.2) is 42.5 Å². The molecule has 31 heavy (non-hydrogen) atoms. The van der Waals surface area contributed by atoms with Gasteiger partial charge < -0.3 is 19.7 Å². The zero-order valence-corrected chi connectivity index (χ0v) is 19.2. The van der Waals surface area contributed by atoms with E-state index >= 15 is 0 Å². The molecule has 1 aliphatic rings. The second-order valence-corrected chi connectivity index (χ2v) is 9.21. The molecular weight excluding hydrogens is 392 g/mol. The molecule has 6 nitrogen and oxygen atoms in total. The summed E-state index contributed by atoms with van der Waals surface area (Å²) >= 11 is 0. The van der Waals surface area contributed by atoms with E-state index in [0.29, 0.717) is 30.2 Å². The van der Waals surface area contributed by atoms with Gasteiger partial charge in [0.05, 0.1) is 26.3 Å². The van der Waals surface area contributed by atoms with Crippen molar-refractivity contribution in [3.05, 3.63) is 53.6 Å². The van der Waals surface area contributed by atoms with Crippen LogP contribution in [-0.4, -0.2) is 43.0 Å². The highest BCUT2D eigenvalue weighted by Gasteiger charge is 2.49. The highest BCUT2D eigenvalue weighted by atomic mass is 16.5. The fourth-order valence-electron chi connectivity index (χ4n) is 3.76. The highest BCUT2D eigenvalue weighted by Crippen LogP contribution is 2.35. The number of benzene rings is 2. The summed E-state index contributed by atoms with van der Waals surface area (Å²) < 4.78 is 10.6. The third-order valence-electron chi connectivity index (χ3n) is 6.04. The third-order valence-corrected chi connectivity index (χ3v) is 6.04. The zero-order chi connectivity index (χ0) is 22.8. The molecule has 1 N–H and O–H groups in total. The number of carbonyl (C=O) groups excluding carboxylic acids is 2. The van der Waals surface area contributed by atoms with Gasteiger partial charge in [0.1, 0.15) is 17.0 Å². The van der Waals surface area contributed by atoms with Crippen LogP contribution in [0.4, 0.5) is 5.69 Å². The lowest BCUT2D eigenvalue weighted by molar-refractivity contribution is -0.154. The lowest BCUT2D eigenvalue weighted by atomic mass is 9.84. The first kappa shape index (κ1) is 22.7. The van der Waals surface area contributed by atoms with Crippen molar-refractivity contribution in [1.29, 1.82) is 0 Å². The Kier molecular flexibility index (Phi) is 6.30. The molecule has 1 aliphatic heterocycles. The molecule has 0 aliphatic carbocycles. The molecule has 1 saturated heterocycles. The van der Waals surface area contributed by atoms with E-state index in [1.807, 2.05) is 12.1 Å². The van der Waals surface area contributed by atoms with E-state index in [0.717, 1.165) is 5.56 Å². The Bertz CT molecular complexity index is 962. The summed E-state index contributed by atoms with van der Waals surface area (Å²) in [6.45, 7) is 8.86. The lowest BCUT2D eigenvalue weighted by Crippen LogP contribution is -2.66. The fourth-order valence-corrected chi connectivity index (χ4v) is 3.76. The van der Waals surface area contributed by atoms with Gasteiger partial charge in [0, 0.05) is 12.6 Å². The van der Waals surface area contributed by atoms with Crippen molar-refractivity contribution in [2.75, 3.05) is 26.1 Å². The van der Waals surface area contributed by atoms with E-state index in [4.69, 9.17) is 9.47 Å². The van der Waals surface area contributed by atoms with Gasteiger partial charge in [-0.25, -0.2) is 0 Å². The van der Waals surface area contributed by atoms with Crippen LogP contribution in [0.2, 0.25) is 0 Å². The molecule has 1 heterocycles. The van der Waals surface area contributed by atoms with Gasteiger partial charge in [-0.15, -0.1) is 0 Å². The molecule has 0 radical (unpaired) electrons. The highest BCUT2D eigenvalue weighted by molar-refractivity contribution is 6.02. The second kappa shape index (κ2) is 8.61. The van der Waals surface area contributed by atoms with Gasteiger partial charge in [0.15, 0.2) is 0 Å². The van der Waals surface area contributed by atoms with Crippen LogP contribution in [0.3, 0.4) is 0 Å². The van der Waals surface area contributed by atoms with Crippen LogP contribution < -0.4 is 14.8 Å². The lowest BCUT2D eigenvalue weighted by Gasteiger charge is -2.49. The number of nitrogens with zero attached hydrogens (tertiary/aromatic N) is 1. The van der Waals surface area contributed by atoms with Gasteiger partial charge in [-0.1, -0.05) is 45.0 Å². The molecule has 1 fully saturated rings. The van der Waals surface area contributed by atoms with Gasteiger partial charge in [-0.05, 0) is 42.0 Å². The second-order valence-electron chi connectivity index (χ2n) is 9.21. The number of likely N-dealkylation sites (tertiary alicyclic amines) is 1. The molecule has 6 heteroatoms. The van der Waals surface area contributed by atoms with Crippen molar-refractivity contribution in [3.8, 4) is 11.5 Å². The summed E-state index contributed by atoms with van der Waals surface area (Å²) in [6.07, 6.45) is 0.885. The molecule has 3 rings (SSSR count). The number of nitrogens with one attached hydrogen (secondary N) is 1. The Morgan fingerprint density at radius 2 is 1.74 bits per heavy atom. The quantitative estimate of drug-likeness (QED) is 0.756. The molecule has 1 atom stereocenters. The molecule has 0 aromatic heterocycles. The third kappa shape index (κ3) is 4.68. The average molecular weight is 425 g/mol. The smallest absolute Gasteiger partial charge is 0.250 e. The summed E-state index contributed by atoms with van der Waals surface area (Å²) in [7, 11) is 3.11. The van der Waals surface area contributed by atoms with Crippen molar-refractivity contribution in [1.82, 2.24) is 4.90 Å². The predicted octanol–water partition coefficient (Wildman–Crippen LogP) is 4.17. The van der Waals surface area contributed by atoms with Crippen molar-refractivity contribution < 1.29 is 19.1 Å². The SMILES string of the molecule is COc1ccc(OC)c(NC(=O)C2(C)CCN2C(=O)Cc2ccc(C(C)(C)C)cc2)c1. The minimum atomic E-state index is -0.892. The summed E-state index contributed by atoms with van der Waals surface area (Å²) in [5, 5.41) is 2.91. The Morgan fingerprint density at radius 1 is 1.06 bits per heavy atom. The zero-order valence-electron chi connectivity index (χ0n) is 19.2. The van der Waals surface area contributed by atoms with Crippen LogP contribution in [0.25, 0.3) is 0 Å². The maximum Gasteiger partial charge on any atom is 0.250 e. The van der Waals surface area contributed by atoms with E-state index < -0.39 is 5.54 Å². The normalized spacial score (nSPS) is 18.2. The fraction of sp³-hybridized carbons (Fsp3) is 0.440. The summed E-state index contributed by atoms with van der Waals surface area (Å²) in [4.78, 5) is 27.7. The van der Waals surface area contributed by atoms with Crippen LogP contribution in [0.1, 0.15) is 45.2 Å². The van der Waals surface area contributed by atoms with Crippen molar-refractivity contribution >= 4 is 17.5 Å². The first-order valence-electron chi connectivity index (χ1n) is 10.5. The monoisotopic (exact) mass is 424 g/mol. The first-order chi connectivity index (χ1) is 14.6. The number of ether oxygens (including phenoxy) is 2. The number of methoxy groups -OCH3 is 2. The number of hydrogen-bond donors (Lipinski definition) is 1. The van der Waals surface area contributed by atoms with Gasteiger partial charge in [0.2, 0.25) is 11.8 Å². The van der Waals surface area contributed by atoms with E-state index in [9.17, 15) is 9.59 Å². The standard InChI is InChI=1S/C25H32N2O4/c1-24(2,3)18-9-7-17(8-10-18)15-22(28)27-14-13-25(27,4)23(29)26-20-16-19(30-5)11-12-21(20)31-6/h7-12,16H,13-15H2,1-6H3,(H,26,29). The van der Waals surface area contributed by atoms with Crippen molar-refractivity contribution in [3.63, 3.8) is 0 Å². The Balaban J connectivity index is 1.70. The largest absolute Gasteiger partial charge is 0.497 e. The Morgan fingerprint density at radius 3 is 2.26 bits per heavy atom. The molecule has 0 spiro atoms. The van der Waals surface area contributed by atoms with E-state index in [1.54, 1.807) is 44.2 Å². The Hall–Kier alpha value is -3.02. The summed E-state index contributed by atoms with van der Waals surface area (Å²) in [5.41, 5.74) is 1.87. The van der Waals surface area contributed by atoms with E-state index in [2.05, 4.69) is 38.2 Å². The van der Waals surface area contributed by atoms with Gasteiger partial charge in [0.25, 0.3) is 0 Å². The maximum absolute atomic E-state index is 13.1. The predicted molar refractivity (Wildman–Crippen MR) is 122 cm³/mol. The molecule has 2 aromatic rings. The molecule has 0 saturated carbocycles. The van der Waals surface area contributed by atoms with Crippen LogP contribution in [-0.2, 0) is 21.4 Å². The van der Waals surface area contributed by atoms with Crippen molar-refractivity contribution in [2.24, 2.45) is 0 Å². The topological polar surface area (TPSA) is 67.9 Å².